The number of methoxy groups -OCH3 is 1. The van der Waals surface area contributed by atoms with Gasteiger partial charge < -0.3 is 33.5 Å². The van der Waals surface area contributed by atoms with Gasteiger partial charge in [0.2, 0.25) is 0 Å². The summed E-state index contributed by atoms with van der Waals surface area (Å²) in [5.74, 6) is -1.12. The maximum absolute atomic E-state index is 11.1. The fraction of sp³-hybridized carbons (Fsp3) is 0.731. The van der Waals surface area contributed by atoms with Crippen LogP contribution in [0.3, 0.4) is 0 Å². The highest BCUT2D eigenvalue weighted by atomic mass is 32.1. The van der Waals surface area contributed by atoms with Crippen LogP contribution in [0.25, 0.3) is 0 Å². The molecular formula is C26H40O8S. The second kappa shape index (κ2) is 13.9. The Labute approximate surface area is 214 Å². The molecule has 6 unspecified atom stereocenters. The monoisotopic (exact) mass is 512 g/mol. The normalized spacial score (nSPS) is 33.7. The molecule has 9 heteroatoms. The summed E-state index contributed by atoms with van der Waals surface area (Å²) >= 11 is 3.53. The van der Waals surface area contributed by atoms with E-state index < -0.39 is 5.79 Å². The third-order valence-corrected chi connectivity index (χ3v) is 6.87. The van der Waals surface area contributed by atoms with Gasteiger partial charge in [-0.25, -0.2) is 0 Å². The fourth-order valence-electron chi connectivity index (χ4n) is 5.21. The quantitative estimate of drug-likeness (QED) is 0.280. The molecule has 3 aliphatic heterocycles. The molecule has 0 aliphatic carbocycles. The van der Waals surface area contributed by atoms with Gasteiger partial charge >= 0.3 is 5.97 Å². The lowest BCUT2D eigenvalue weighted by Crippen LogP contribution is -2.62. The van der Waals surface area contributed by atoms with E-state index in [1.54, 1.807) is 13.4 Å². The van der Waals surface area contributed by atoms with Crippen LogP contribution in [0.15, 0.2) is 30.3 Å². The molecule has 0 spiro atoms. The van der Waals surface area contributed by atoms with E-state index in [4.69, 9.17) is 28.4 Å². The Balaban J connectivity index is 0.00000167. The molecule has 3 aliphatic rings. The lowest BCUT2D eigenvalue weighted by atomic mass is 9.87. The Kier molecular flexibility index (Phi) is 11.3. The molecule has 0 saturated carbocycles. The highest BCUT2D eigenvalue weighted by molar-refractivity contribution is 7.79. The van der Waals surface area contributed by atoms with E-state index in [1.807, 2.05) is 30.3 Å². The molecule has 0 amide bonds. The average molecular weight is 513 g/mol. The maximum atomic E-state index is 11.1. The highest BCUT2D eigenvalue weighted by Gasteiger charge is 2.59. The zero-order chi connectivity index (χ0) is 25.3. The minimum Gasteiger partial charge on any atom is -0.466 e. The summed E-state index contributed by atoms with van der Waals surface area (Å²) in [5, 5.41) is 9.33. The van der Waals surface area contributed by atoms with Crippen LogP contribution >= 0.6 is 12.6 Å². The number of ether oxygens (including phenoxy) is 6. The van der Waals surface area contributed by atoms with E-state index in [0.717, 1.165) is 12.0 Å². The van der Waals surface area contributed by atoms with Gasteiger partial charge in [0.25, 0.3) is 0 Å². The van der Waals surface area contributed by atoms with Gasteiger partial charge in [0, 0.05) is 33.5 Å². The number of esters is 1. The lowest BCUT2D eigenvalue weighted by Gasteiger charge is -2.51. The molecule has 0 radical (unpaired) electrons. The molecule has 4 rings (SSSR count). The first-order valence-electron chi connectivity index (χ1n) is 12.4. The molecule has 3 fully saturated rings. The Morgan fingerprint density at radius 1 is 1.20 bits per heavy atom. The van der Waals surface area contributed by atoms with Crippen molar-refractivity contribution in [2.45, 2.75) is 94.5 Å². The minimum absolute atomic E-state index is 0.00511. The molecule has 3 heterocycles. The van der Waals surface area contributed by atoms with Crippen molar-refractivity contribution in [2.24, 2.45) is 0 Å². The van der Waals surface area contributed by atoms with Crippen molar-refractivity contribution in [2.75, 3.05) is 26.6 Å². The van der Waals surface area contributed by atoms with E-state index >= 15 is 0 Å². The molecule has 1 N–H and O–H groups in total. The molecule has 3 saturated heterocycles. The minimum atomic E-state index is -0.836. The third-order valence-electron chi connectivity index (χ3n) is 6.87. The second-order valence-electron chi connectivity index (χ2n) is 9.09. The number of aliphatic hydroxyl groups excluding tert-OH is 1. The summed E-state index contributed by atoms with van der Waals surface area (Å²) in [7, 11) is 1.66. The summed E-state index contributed by atoms with van der Waals surface area (Å²) < 4.78 is 36.7. The van der Waals surface area contributed by atoms with Gasteiger partial charge in [-0.2, -0.15) is 12.6 Å². The Morgan fingerprint density at radius 3 is 2.66 bits per heavy atom. The smallest absolute Gasteiger partial charge is 0.302 e. The predicted molar refractivity (Wildman–Crippen MR) is 133 cm³/mol. The molecule has 8 nitrogen and oxygen atoms in total. The first kappa shape index (κ1) is 28.4. The predicted octanol–water partition coefficient (Wildman–Crippen LogP) is 3.29. The highest BCUT2D eigenvalue weighted by Crippen LogP contribution is 2.46. The average Bonchev–Trinajstić information content (AvgIpc) is 3.21. The van der Waals surface area contributed by atoms with Crippen LogP contribution in [0.2, 0.25) is 0 Å². The summed E-state index contributed by atoms with van der Waals surface area (Å²) in [6.45, 7) is 2.32. The SMILES string of the molecule is COC12CCC(CCO)OC1C[C@@H]1OC(CCCOC(C)=O)C(OCc3ccccc3)C1O2.CS. The molecule has 7 atom stereocenters. The van der Waals surface area contributed by atoms with Crippen molar-refractivity contribution in [1.29, 1.82) is 0 Å². The number of hydrogen-bond donors (Lipinski definition) is 2. The number of benzene rings is 1. The number of carbonyl (C=O) groups is 1. The van der Waals surface area contributed by atoms with Crippen LogP contribution in [0.5, 0.6) is 0 Å². The molecule has 1 aromatic rings. The van der Waals surface area contributed by atoms with Gasteiger partial charge in [0.15, 0.2) is 5.79 Å². The van der Waals surface area contributed by atoms with Gasteiger partial charge in [-0.3, -0.25) is 4.79 Å². The van der Waals surface area contributed by atoms with Gasteiger partial charge in [-0.15, -0.1) is 0 Å². The topological polar surface area (TPSA) is 92.7 Å². The van der Waals surface area contributed by atoms with E-state index in [2.05, 4.69) is 12.6 Å². The van der Waals surface area contributed by atoms with Crippen LogP contribution < -0.4 is 0 Å². The number of aliphatic hydroxyl groups is 1. The number of thiol groups is 1. The van der Waals surface area contributed by atoms with E-state index in [1.165, 1.54) is 6.92 Å². The molecule has 1 aromatic carbocycles. The van der Waals surface area contributed by atoms with Crippen LogP contribution in [0, 0.1) is 0 Å². The van der Waals surface area contributed by atoms with Crippen molar-refractivity contribution >= 4 is 18.6 Å². The Morgan fingerprint density at radius 2 is 1.97 bits per heavy atom. The van der Waals surface area contributed by atoms with E-state index in [9.17, 15) is 9.90 Å². The van der Waals surface area contributed by atoms with E-state index in [-0.39, 0.29) is 49.2 Å². The van der Waals surface area contributed by atoms with Crippen molar-refractivity contribution < 1.29 is 38.3 Å². The van der Waals surface area contributed by atoms with Gasteiger partial charge in [0.1, 0.15) is 18.3 Å². The molecule has 0 aromatic heterocycles. The number of rotatable bonds is 10. The first-order chi connectivity index (χ1) is 17.0. The largest absolute Gasteiger partial charge is 0.466 e. The molecular weight excluding hydrogens is 472 g/mol. The van der Waals surface area contributed by atoms with Gasteiger partial charge in [-0.05, 0) is 37.5 Å². The zero-order valence-corrected chi connectivity index (χ0v) is 21.9. The summed E-state index contributed by atoms with van der Waals surface area (Å²) in [6.07, 6.45) is 4.63. The Bertz CT molecular complexity index is 765. The van der Waals surface area contributed by atoms with Gasteiger partial charge in [0.05, 0.1) is 31.5 Å². The van der Waals surface area contributed by atoms with Gasteiger partial charge in [-0.1, -0.05) is 30.3 Å². The summed E-state index contributed by atoms with van der Waals surface area (Å²) in [5.41, 5.74) is 1.09. The standard InChI is InChI=1S/C25H36O8.CH4S/c1-17(27)29-14-6-9-20-23(30-16-18-7-4-3-5-8-18)24-21(32-20)15-22-25(28-2,33-24)12-10-19(31-22)11-13-26;1-2/h3-5,7-8,19-24,26H,6,9-16H2,1-2H3;2H,1H3/t19?,20?,21-,22?,23?,24?,25?;/m0./s1. The van der Waals surface area contributed by atoms with E-state index in [0.29, 0.717) is 45.3 Å². The van der Waals surface area contributed by atoms with Crippen molar-refractivity contribution in [3.8, 4) is 0 Å². The lowest BCUT2D eigenvalue weighted by molar-refractivity contribution is -0.361. The fourth-order valence-corrected chi connectivity index (χ4v) is 5.21. The van der Waals surface area contributed by atoms with Crippen molar-refractivity contribution in [1.82, 2.24) is 0 Å². The van der Waals surface area contributed by atoms with Crippen LogP contribution in [0.4, 0.5) is 0 Å². The molecule has 0 bridgehead atoms. The Hall–Kier alpha value is -1.20. The van der Waals surface area contributed by atoms with Crippen LogP contribution in [0.1, 0.15) is 51.0 Å². The summed E-state index contributed by atoms with van der Waals surface area (Å²) in [4.78, 5) is 11.1. The second-order valence-corrected chi connectivity index (χ2v) is 9.09. The van der Waals surface area contributed by atoms with Crippen LogP contribution in [-0.4, -0.2) is 80.1 Å². The van der Waals surface area contributed by atoms with Crippen molar-refractivity contribution in [3.63, 3.8) is 0 Å². The maximum Gasteiger partial charge on any atom is 0.302 e. The molecule has 198 valence electrons. The number of carbonyl (C=O) groups excluding carboxylic acids is 1. The van der Waals surface area contributed by atoms with Crippen molar-refractivity contribution in [3.05, 3.63) is 35.9 Å². The number of hydrogen-bond acceptors (Lipinski definition) is 9. The molecule has 35 heavy (non-hydrogen) atoms. The summed E-state index contributed by atoms with van der Waals surface area (Å²) in [6, 6.07) is 10.0. The number of fused-ring (bicyclic) bond motifs is 2. The third kappa shape index (κ3) is 7.19. The van der Waals surface area contributed by atoms with Crippen LogP contribution in [-0.2, 0) is 39.8 Å². The zero-order valence-electron chi connectivity index (χ0n) is 21.0. The first-order valence-corrected chi connectivity index (χ1v) is 13.3.